The minimum Gasteiger partial charge on any atom is -0.353 e. The van der Waals surface area contributed by atoms with Gasteiger partial charge in [0.25, 0.3) is 0 Å². The van der Waals surface area contributed by atoms with Crippen LogP contribution >= 0.6 is 39.1 Å². The van der Waals surface area contributed by atoms with Crippen LogP contribution in [0.5, 0.6) is 0 Å². The molecule has 2 rings (SSSR count). The highest BCUT2D eigenvalue weighted by molar-refractivity contribution is 9.10. The molecule has 0 aliphatic rings. The molecule has 0 aromatic heterocycles. The molecule has 0 amide bonds. The fourth-order valence-corrected chi connectivity index (χ4v) is 2.22. The van der Waals surface area contributed by atoms with Crippen LogP contribution in [-0.4, -0.2) is 0 Å². The van der Waals surface area contributed by atoms with E-state index in [4.69, 9.17) is 23.2 Å². The fourth-order valence-electron chi connectivity index (χ4n) is 1.33. The molecule has 0 aliphatic heterocycles. The van der Waals surface area contributed by atoms with Crippen LogP contribution < -0.4 is 5.32 Å². The molecule has 1 nitrogen and oxygen atoms in total. The predicted molar refractivity (Wildman–Crippen MR) is 73.9 cm³/mol. The lowest BCUT2D eigenvalue weighted by atomic mass is 10.2. The van der Waals surface area contributed by atoms with E-state index >= 15 is 0 Å². The number of nitrogens with one attached hydrogen (secondary N) is 1. The standard InChI is InChI=1S/C12H8BrCl2N/c13-8-3-1-4-9(7-8)16-12-10(14)5-2-6-11(12)15/h1-7,16H. The lowest BCUT2D eigenvalue weighted by Gasteiger charge is -2.10. The zero-order valence-electron chi connectivity index (χ0n) is 8.18. The number of hydrogen-bond acceptors (Lipinski definition) is 1. The van der Waals surface area contributed by atoms with E-state index in [0.717, 1.165) is 15.8 Å². The number of halogens is 3. The molecule has 82 valence electrons. The lowest BCUT2D eigenvalue weighted by molar-refractivity contribution is 1.53. The summed E-state index contributed by atoms with van der Waals surface area (Å²) in [6, 6.07) is 13.2. The van der Waals surface area contributed by atoms with Crippen LogP contribution in [0.3, 0.4) is 0 Å². The third kappa shape index (κ3) is 2.70. The third-order valence-corrected chi connectivity index (χ3v) is 3.18. The molecule has 0 radical (unpaired) electrons. The van der Waals surface area contributed by atoms with Crippen LogP contribution in [0.2, 0.25) is 10.0 Å². The zero-order valence-corrected chi connectivity index (χ0v) is 11.3. The monoisotopic (exact) mass is 315 g/mol. The molecule has 0 saturated carbocycles. The molecule has 0 fully saturated rings. The molecule has 4 heteroatoms. The number of para-hydroxylation sites is 1. The van der Waals surface area contributed by atoms with Gasteiger partial charge in [0, 0.05) is 10.2 Å². The van der Waals surface area contributed by atoms with Crippen LogP contribution in [0.25, 0.3) is 0 Å². The Hall–Kier alpha value is -0.700. The van der Waals surface area contributed by atoms with Crippen molar-refractivity contribution < 1.29 is 0 Å². The van der Waals surface area contributed by atoms with Crippen molar-refractivity contribution >= 4 is 50.5 Å². The van der Waals surface area contributed by atoms with Crippen LogP contribution in [0, 0.1) is 0 Å². The molecule has 0 atom stereocenters. The molecule has 2 aromatic carbocycles. The van der Waals surface area contributed by atoms with Gasteiger partial charge in [-0.15, -0.1) is 0 Å². The summed E-state index contributed by atoms with van der Waals surface area (Å²) in [5, 5.41) is 4.40. The largest absolute Gasteiger partial charge is 0.353 e. The Morgan fingerprint density at radius 3 is 2.19 bits per heavy atom. The summed E-state index contributed by atoms with van der Waals surface area (Å²) in [7, 11) is 0. The van der Waals surface area contributed by atoms with Gasteiger partial charge >= 0.3 is 0 Å². The number of rotatable bonds is 2. The van der Waals surface area contributed by atoms with E-state index in [1.807, 2.05) is 30.3 Å². The van der Waals surface area contributed by atoms with Gasteiger partial charge in [-0.25, -0.2) is 0 Å². The van der Waals surface area contributed by atoms with Crippen molar-refractivity contribution in [2.45, 2.75) is 0 Å². The summed E-state index contributed by atoms with van der Waals surface area (Å²) in [6.45, 7) is 0. The van der Waals surface area contributed by atoms with Crippen molar-refractivity contribution in [2.75, 3.05) is 5.32 Å². The first kappa shape index (κ1) is 11.8. The Morgan fingerprint density at radius 2 is 1.56 bits per heavy atom. The minimum absolute atomic E-state index is 0.604. The first-order valence-corrected chi connectivity index (χ1v) is 6.18. The quantitative estimate of drug-likeness (QED) is 0.771. The van der Waals surface area contributed by atoms with Gasteiger partial charge in [-0.1, -0.05) is 51.3 Å². The maximum absolute atomic E-state index is 6.06. The number of anilines is 2. The Balaban J connectivity index is 2.34. The SMILES string of the molecule is Clc1cccc(Cl)c1Nc1cccc(Br)c1. The van der Waals surface area contributed by atoms with Crippen LogP contribution in [0.1, 0.15) is 0 Å². The molecular formula is C12H8BrCl2N. The van der Waals surface area contributed by atoms with Gasteiger partial charge in [-0.05, 0) is 30.3 Å². The van der Waals surface area contributed by atoms with Gasteiger partial charge in [0.1, 0.15) is 0 Å². The van der Waals surface area contributed by atoms with E-state index in [1.54, 1.807) is 12.1 Å². The van der Waals surface area contributed by atoms with Crippen molar-refractivity contribution in [3.8, 4) is 0 Å². The number of benzene rings is 2. The van der Waals surface area contributed by atoms with Crippen LogP contribution in [0.4, 0.5) is 11.4 Å². The minimum atomic E-state index is 0.604. The molecule has 16 heavy (non-hydrogen) atoms. The Morgan fingerprint density at radius 1 is 0.938 bits per heavy atom. The fraction of sp³-hybridized carbons (Fsp3) is 0. The van der Waals surface area contributed by atoms with Gasteiger partial charge in [0.2, 0.25) is 0 Å². The van der Waals surface area contributed by atoms with E-state index < -0.39 is 0 Å². The second kappa shape index (κ2) is 5.09. The average Bonchev–Trinajstić information content (AvgIpc) is 2.24. The maximum atomic E-state index is 6.06. The average molecular weight is 317 g/mol. The predicted octanol–water partition coefficient (Wildman–Crippen LogP) is 5.50. The third-order valence-electron chi connectivity index (χ3n) is 2.06. The Bertz CT molecular complexity index is 494. The van der Waals surface area contributed by atoms with E-state index in [0.29, 0.717) is 10.0 Å². The molecule has 0 aliphatic carbocycles. The molecule has 0 heterocycles. The van der Waals surface area contributed by atoms with E-state index in [-0.39, 0.29) is 0 Å². The molecule has 0 spiro atoms. The first-order valence-electron chi connectivity index (χ1n) is 4.63. The van der Waals surface area contributed by atoms with Gasteiger partial charge < -0.3 is 5.32 Å². The maximum Gasteiger partial charge on any atom is 0.0762 e. The summed E-state index contributed by atoms with van der Waals surface area (Å²) in [6.07, 6.45) is 0. The summed E-state index contributed by atoms with van der Waals surface area (Å²) in [5.41, 5.74) is 1.66. The Kier molecular flexibility index (Phi) is 3.74. The number of hydrogen-bond donors (Lipinski definition) is 1. The van der Waals surface area contributed by atoms with Crippen molar-refractivity contribution in [2.24, 2.45) is 0 Å². The molecule has 2 aromatic rings. The van der Waals surface area contributed by atoms with E-state index in [9.17, 15) is 0 Å². The molecule has 1 N–H and O–H groups in total. The van der Waals surface area contributed by atoms with Crippen LogP contribution in [0.15, 0.2) is 46.9 Å². The smallest absolute Gasteiger partial charge is 0.0762 e. The molecule has 0 saturated heterocycles. The summed E-state index contributed by atoms with van der Waals surface area (Å²) in [4.78, 5) is 0. The van der Waals surface area contributed by atoms with Gasteiger partial charge in [-0.2, -0.15) is 0 Å². The van der Waals surface area contributed by atoms with Crippen molar-refractivity contribution in [3.05, 3.63) is 57.0 Å². The summed E-state index contributed by atoms with van der Waals surface area (Å²) < 4.78 is 1.00. The van der Waals surface area contributed by atoms with Crippen LogP contribution in [-0.2, 0) is 0 Å². The zero-order chi connectivity index (χ0) is 11.5. The van der Waals surface area contributed by atoms with E-state index in [1.165, 1.54) is 0 Å². The molecule has 0 bridgehead atoms. The summed E-state index contributed by atoms with van der Waals surface area (Å²) in [5.74, 6) is 0. The second-order valence-corrected chi connectivity index (χ2v) is 4.96. The van der Waals surface area contributed by atoms with Crippen molar-refractivity contribution in [1.29, 1.82) is 0 Å². The van der Waals surface area contributed by atoms with Crippen molar-refractivity contribution in [3.63, 3.8) is 0 Å². The topological polar surface area (TPSA) is 12.0 Å². The van der Waals surface area contributed by atoms with Crippen molar-refractivity contribution in [1.82, 2.24) is 0 Å². The van der Waals surface area contributed by atoms with Gasteiger partial charge in [0.05, 0.1) is 15.7 Å². The first-order chi connectivity index (χ1) is 7.66. The lowest BCUT2D eigenvalue weighted by Crippen LogP contribution is -1.91. The molecule has 0 unspecified atom stereocenters. The Labute approximate surface area is 113 Å². The highest BCUT2D eigenvalue weighted by Gasteiger charge is 2.05. The highest BCUT2D eigenvalue weighted by atomic mass is 79.9. The van der Waals surface area contributed by atoms with E-state index in [2.05, 4.69) is 21.2 Å². The van der Waals surface area contributed by atoms with Gasteiger partial charge in [0.15, 0.2) is 0 Å². The highest BCUT2D eigenvalue weighted by Crippen LogP contribution is 2.32. The normalized spacial score (nSPS) is 10.2. The van der Waals surface area contributed by atoms with Gasteiger partial charge in [-0.3, -0.25) is 0 Å². The molecular weight excluding hydrogens is 309 g/mol. The second-order valence-electron chi connectivity index (χ2n) is 3.23. The summed E-state index contributed by atoms with van der Waals surface area (Å²) >= 11 is 15.5.